The zero-order valence-electron chi connectivity index (χ0n) is 11.9. The predicted molar refractivity (Wildman–Crippen MR) is 75.8 cm³/mol. The average Bonchev–Trinajstić information content (AvgIpc) is 2.87. The van der Waals surface area contributed by atoms with Crippen molar-refractivity contribution in [3.8, 4) is 11.5 Å². The molecule has 5 nitrogen and oxygen atoms in total. The molecule has 0 radical (unpaired) electrons. The van der Waals surface area contributed by atoms with Gasteiger partial charge in [0.1, 0.15) is 0 Å². The van der Waals surface area contributed by atoms with Crippen molar-refractivity contribution in [3.05, 3.63) is 17.7 Å². The molecule has 0 aromatic heterocycles. The number of fused-ring (bicyclic) bond motifs is 1. The predicted octanol–water partition coefficient (Wildman–Crippen LogP) is 2.12. The Morgan fingerprint density at radius 1 is 1.25 bits per heavy atom. The van der Waals surface area contributed by atoms with E-state index in [9.17, 15) is 4.79 Å². The highest BCUT2D eigenvalue weighted by Gasteiger charge is 2.28. The first-order valence-corrected chi connectivity index (χ1v) is 7.04. The van der Waals surface area contributed by atoms with Crippen LogP contribution in [0.25, 0.3) is 0 Å². The summed E-state index contributed by atoms with van der Waals surface area (Å²) < 4.78 is 10.6. The van der Waals surface area contributed by atoms with Gasteiger partial charge in [-0.1, -0.05) is 13.8 Å². The van der Waals surface area contributed by atoms with E-state index in [-0.39, 0.29) is 12.7 Å². The lowest BCUT2D eigenvalue weighted by atomic mass is 9.88. The third kappa shape index (κ3) is 2.17. The van der Waals surface area contributed by atoms with Gasteiger partial charge in [-0.2, -0.15) is 0 Å². The van der Waals surface area contributed by atoms with Crippen molar-refractivity contribution in [1.29, 1.82) is 0 Å². The molecule has 0 spiro atoms. The Hall–Kier alpha value is -1.91. The van der Waals surface area contributed by atoms with E-state index in [0.717, 1.165) is 19.5 Å². The number of amides is 1. The van der Waals surface area contributed by atoms with E-state index in [4.69, 9.17) is 15.2 Å². The quantitative estimate of drug-likeness (QED) is 0.798. The summed E-state index contributed by atoms with van der Waals surface area (Å²) in [5, 5.41) is 0. The summed E-state index contributed by atoms with van der Waals surface area (Å²) >= 11 is 0. The van der Waals surface area contributed by atoms with Gasteiger partial charge in [0.15, 0.2) is 11.5 Å². The van der Waals surface area contributed by atoms with E-state index in [1.54, 1.807) is 12.1 Å². The molecular weight excluding hydrogens is 256 g/mol. The van der Waals surface area contributed by atoms with Crippen LogP contribution in [-0.2, 0) is 0 Å². The highest BCUT2D eigenvalue weighted by atomic mass is 16.7. The van der Waals surface area contributed by atoms with Crippen LogP contribution in [0.3, 0.4) is 0 Å². The highest BCUT2D eigenvalue weighted by molar-refractivity contribution is 6.00. The summed E-state index contributed by atoms with van der Waals surface area (Å²) in [5.41, 5.74) is 6.94. The van der Waals surface area contributed by atoms with Gasteiger partial charge in [-0.05, 0) is 24.3 Å². The van der Waals surface area contributed by atoms with Crippen LogP contribution < -0.4 is 15.2 Å². The number of hydrogen-bond donors (Lipinski definition) is 1. The van der Waals surface area contributed by atoms with Gasteiger partial charge in [-0.25, -0.2) is 0 Å². The van der Waals surface area contributed by atoms with E-state index >= 15 is 0 Å². The number of anilines is 1. The molecule has 2 atom stereocenters. The smallest absolute Gasteiger partial charge is 0.256 e. The summed E-state index contributed by atoms with van der Waals surface area (Å²) in [6, 6.07) is 3.37. The van der Waals surface area contributed by atoms with Gasteiger partial charge in [0, 0.05) is 24.8 Å². The number of likely N-dealkylation sites (tertiary alicyclic amines) is 1. The zero-order chi connectivity index (χ0) is 14.3. The zero-order valence-corrected chi connectivity index (χ0v) is 11.9. The number of nitrogens with two attached hydrogens (primary N) is 1. The molecule has 2 unspecified atom stereocenters. The second-order valence-electron chi connectivity index (χ2n) is 5.79. The van der Waals surface area contributed by atoms with Crippen LogP contribution in [-0.4, -0.2) is 30.7 Å². The monoisotopic (exact) mass is 276 g/mol. The lowest BCUT2D eigenvalue weighted by Gasteiger charge is -2.35. The van der Waals surface area contributed by atoms with Crippen molar-refractivity contribution < 1.29 is 14.3 Å². The van der Waals surface area contributed by atoms with Crippen molar-refractivity contribution in [1.82, 2.24) is 4.90 Å². The number of hydrogen-bond acceptors (Lipinski definition) is 4. The molecule has 0 saturated carbocycles. The molecule has 1 aromatic carbocycles. The number of piperidine rings is 1. The molecule has 0 aliphatic carbocycles. The molecule has 1 amide bonds. The highest BCUT2D eigenvalue weighted by Crippen LogP contribution is 2.36. The number of carbonyl (C=O) groups is 1. The largest absolute Gasteiger partial charge is 0.454 e. The van der Waals surface area contributed by atoms with Crippen molar-refractivity contribution in [2.75, 3.05) is 25.6 Å². The van der Waals surface area contributed by atoms with E-state index in [0.29, 0.717) is 34.6 Å². The second-order valence-corrected chi connectivity index (χ2v) is 5.79. The molecule has 1 fully saturated rings. The van der Waals surface area contributed by atoms with Crippen LogP contribution in [0.15, 0.2) is 12.1 Å². The van der Waals surface area contributed by atoms with Gasteiger partial charge in [-0.15, -0.1) is 0 Å². The maximum Gasteiger partial charge on any atom is 0.256 e. The van der Waals surface area contributed by atoms with E-state index < -0.39 is 0 Å². The minimum Gasteiger partial charge on any atom is -0.454 e. The molecule has 2 aliphatic heterocycles. The lowest BCUT2D eigenvalue weighted by molar-refractivity contribution is 0.0628. The minimum atomic E-state index is -0.0143. The van der Waals surface area contributed by atoms with Gasteiger partial charge in [-0.3, -0.25) is 4.79 Å². The average molecular weight is 276 g/mol. The molecule has 3 rings (SSSR count). The molecule has 0 bridgehead atoms. The molecular formula is C15H20N2O3. The summed E-state index contributed by atoms with van der Waals surface area (Å²) in [6.45, 7) is 6.19. The standard InChI is InChI=1S/C15H20N2O3/c1-9-3-4-17(7-10(9)2)15(18)11-5-13-14(6-12(11)16)20-8-19-13/h5-6,9-10H,3-4,7-8,16H2,1-2H3. The number of nitrogens with zero attached hydrogens (tertiary/aromatic N) is 1. The Morgan fingerprint density at radius 3 is 2.65 bits per heavy atom. The number of nitrogen functional groups attached to an aromatic ring is 1. The van der Waals surface area contributed by atoms with E-state index in [2.05, 4.69) is 13.8 Å². The Labute approximate surface area is 118 Å². The number of rotatable bonds is 1. The summed E-state index contributed by atoms with van der Waals surface area (Å²) in [4.78, 5) is 14.5. The maximum absolute atomic E-state index is 12.6. The van der Waals surface area contributed by atoms with Crippen molar-refractivity contribution in [2.24, 2.45) is 11.8 Å². The topological polar surface area (TPSA) is 64.8 Å². The molecule has 2 aliphatic rings. The fourth-order valence-corrected chi connectivity index (χ4v) is 2.76. The van der Waals surface area contributed by atoms with Crippen molar-refractivity contribution >= 4 is 11.6 Å². The van der Waals surface area contributed by atoms with E-state index in [1.807, 2.05) is 4.90 Å². The molecule has 108 valence electrons. The van der Waals surface area contributed by atoms with Crippen LogP contribution >= 0.6 is 0 Å². The maximum atomic E-state index is 12.6. The molecule has 1 aromatic rings. The fourth-order valence-electron chi connectivity index (χ4n) is 2.76. The summed E-state index contributed by atoms with van der Waals surface area (Å²) in [5.74, 6) is 2.37. The van der Waals surface area contributed by atoms with E-state index in [1.165, 1.54) is 0 Å². The molecule has 20 heavy (non-hydrogen) atoms. The van der Waals surface area contributed by atoms with Gasteiger partial charge < -0.3 is 20.1 Å². The van der Waals surface area contributed by atoms with Crippen LogP contribution in [0.1, 0.15) is 30.6 Å². The third-order valence-corrected chi connectivity index (χ3v) is 4.40. The normalized spacial score (nSPS) is 24.8. The summed E-state index contributed by atoms with van der Waals surface area (Å²) in [6.07, 6.45) is 1.04. The van der Waals surface area contributed by atoms with Crippen LogP contribution in [0.2, 0.25) is 0 Å². The van der Waals surface area contributed by atoms with Gasteiger partial charge in [0.2, 0.25) is 6.79 Å². The summed E-state index contributed by atoms with van der Waals surface area (Å²) in [7, 11) is 0. The van der Waals surface area contributed by atoms with Crippen LogP contribution in [0.5, 0.6) is 11.5 Å². The first kappa shape index (κ1) is 13.1. The molecule has 2 heterocycles. The number of ether oxygens (including phenoxy) is 2. The Balaban J connectivity index is 1.84. The first-order valence-electron chi connectivity index (χ1n) is 7.04. The van der Waals surface area contributed by atoms with Gasteiger partial charge in [0.05, 0.1) is 5.56 Å². The Bertz CT molecular complexity index is 544. The van der Waals surface area contributed by atoms with Crippen molar-refractivity contribution in [2.45, 2.75) is 20.3 Å². The second kappa shape index (κ2) is 4.89. The lowest BCUT2D eigenvalue weighted by Crippen LogP contribution is -2.42. The Morgan fingerprint density at radius 2 is 1.95 bits per heavy atom. The first-order chi connectivity index (χ1) is 9.56. The fraction of sp³-hybridized carbons (Fsp3) is 0.533. The molecule has 2 N–H and O–H groups in total. The van der Waals surface area contributed by atoms with Crippen molar-refractivity contribution in [3.63, 3.8) is 0 Å². The molecule has 5 heteroatoms. The number of carbonyl (C=O) groups excluding carboxylic acids is 1. The van der Waals surface area contributed by atoms with Crippen LogP contribution in [0.4, 0.5) is 5.69 Å². The van der Waals surface area contributed by atoms with Gasteiger partial charge >= 0.3 is 0 Å². The SMILES string of the molecule is CC1CCN(C(=O)c2cc3c(cc2N)OCO3)CC1C. The van der Waals surface area contributed by atoms with Crippen LogP contribution in [0, 0.1) is 11.8 Å². The molecule has 1 saturated heterocycles. The third-order valence-electron chi connectivity index (χ3n) is 4.40. The number of benzene rings is 1. The Kier molecular flexibility index (Phi) is 3.20. The minimum absolute atomic E-state index is 0.0143. The van der Waals surface area contributed by atoms with Gasteiger partial charge in [0.25, 0.3) is 5.91 Å².